The summed E-state index contributed by atoms with van der Waals surface area (Å²) >= 11 is 0. The summed E-state index contributed by atoms with van der Waals surface area (Å²) in [6, 6.07) is 5.78. The van der Waals surface area contributed by atoms with Gasteiger partial charge in [0.2, 0.25) is 0 Å². The fourth-order valence-electron chi connectivity index (χ4n) is 1.20. The Bertz CT molecular complexity index is 261. The zero-order valence-corrected chi connectivity index (χ0v) is 7.25. The quantitative estimate of drug-likeness (QED) is 0.602. The van der Waals surface area contributed by atoms with E-state index in [-0.39, 0.29) is 14.1 Å². The molecule has 0 saturated heterocycles. The lowest BCUT2D eigenvalue weighted by Crippen LogP contribution is -2.19. The fourth-order valence-corrected chi connectivity index (χ4v) is 1.20. The first-order chi connectivity index (χ1) is 5.81. The summed E-state index contributed by atoms with van der Waals surface area (Å²) in [5.41, 5.74) is 2.84. The molecule has 0 heterocycles. The van der Waals surface area contributed by atoms with Gasteiger partial charge < -0.3 is 10.1 Å². The van der Waals surface area contributed by atoms with Gasteiger partial charge in [-0.15, -0.1) is 0 Å². The summed E-state index contributed by atoms with van der Waals surface area (Å²) in [6.45, 7) is 2.07. The molecule has 0 fully saturated rings. The Balaban J connectivity index is 3.02. The smallest absolute Gasteiger partial charge is 0.305 e. The van der Waals surface area contributed by atoms with Crippen LogP contribution < -0.4 is 5.46 Å². The molecule has 0 spiro atoms. The van der Waals surface area contributed by atoms with Crippen LogP contribution in [0, 0.1) is 0 Å². The van der Waals surface area contributed by atoms with E-state index in [9.17, 15) is 0 Å². The molecule has 0 saturated carbocycles. The van der Waals surface area contributed by atoms with Crippen molar-refractivity contribution in [3.8, 4) is 0 Å². The van der Waals surface area contributed by atoms with E-state index in [4.69, 9.17) is 10.1 Å². The zero-order valence-electron chi connectivity index (χ0n) is 7.25. The molecule has 0 atom stereocenters. The third-order valence-corrected chi connectivity index (χ3v) is 2.02. The van der Waals surface area contributed by atoms with Crippen LogP contribution in [0.3, 0.4) is 0 Å². The SMILES string of the molecule is CCc1ccc(BO)c(CO)c1. The van der Waals surface area contributed by atoms with E-state index in [0.29, 0.717) is 0 Å². The Morgan fingerprint density at radius 2 is 2.17 bits per heavy atom. The monoisotopic (exact) mass is 164 g/mol. The summed E-state index contributed by atoms with van der Waals surface area (Å²) < 4.78 is 0. The number of aliphatic hydroxyl groups excluding tert-OH is 1. The van der Waals surface area contributed by atoms with Gasteiger partial charge in [-0.3, -0.25) is 0 Å². The van der Waals surface area contributed by atoms with Crippen molar-refractivity contribution in [2.24, 2.45) is 0 Å². The van der Waals surface area contributed by atoms with Gasteiger partial charge in [0.25, 0.3) is 0 Å². The van der Waals surface area contributed by atoms with E-state index in [0.717, 1.165) is 17.4 Å². The fraction of sp³-hybridized carbons (Fsp3) is 0.333. The lowest BCUT2D eigenvalue weighted by Gasteiger charge is -2.05. The Morgan fingerprint density at radius 3 is 2.67 bits per heavy atom. The molecule has 64 valence electrons. The second-order valence-corrected chi connectivity index (χ2v) is 2.77. The van der Waals surface area contributed by atoms with Crippen molar-refractivity contribution >= 4 is 12.9 Å². The van der Waals surface area contributed by atoms with E-state index in [1.807, 2.05) is 18.2 Å². The largest absolute Gasteiger partial charge is 0.449 e. The van der Waals surface area contributed by atoms with Crippen LogP contribution in [0.25, 0.3) is 0 Å². The Hall–Kier alpha value is -0.795. The zero-order chi connectivity index (χ0) is 8.97. The highest BCUT2D eigenvalue weighted by Crippen LogP contribution is 2.03. The minimum atomic E-state index is -0.000111. The molecule has 0 aliphatic heterocycles. The first-order valence-electron chi connectivity index (χ1n) is 4.14. The second kappa shape index (κ2) is 4.29. The van der Waals surface area contributed by atoms with Crippen molar-refractivity contribution in [1.29, 1.82) is 0 Å². The molecule has 3 heteroatoms. The third kappa shape index (κ3) is 1.87. The molecule has 1 rings (SSSR count). The summed E-state index contributed by atoms with van der Waals surface area (Å²) in [5.74, 6) is 0. The van der Waals surface area contributed by atoms with Gasteiger partial charge in [-0.05, 0) is 23.0 Å². The van der Waals surface area contributed by atoms with Crippen molar-refractivity contribution in [3.05, 3.63) is 29.3 Å². The molecule has 2 nitrogen and oxygen atoms in total. The molecular formula is C9H13BO2. The molecule has 0 radical (unpaired) electrons. The van der Waals surface area contributed by atoms with Crippen LogP contribution in [0.4, 0.5) is 0 Å². The molecule has 0 aromatic heterocycles. The van der Waals surface area contributed by atoms with Crippen LogP contribution in [0.1, 0.15) is 18.1 Å². The molecule has 2 N–H and O–H groups in total. The maximum atomic E-state index is 8.96. The summed E-state index contributed by atoms with van der Waals surface area (Å²) in [6.07, 6.45) is 0.957. The van der Waals surface area contributed by atoms with Crippen LogP contribution in [0.2, 0.25) is 0 Å². The summed E-state index contributed by atoms with van der Waals surface area (Å²) in [5, 5.41) is 17.9. The molecule has 0 bridgehead atoms. The number of hydrogen-bond acceptors (Lipinski definition) is 2. The molecule has 0 unspecified atom stereocenters. The van der Waals surface area contributed by atoms with Gasteiger partial charge in [0.05, 0.1) is 6.61 Å². The highest BCUT2D eigenvalue weighted by molar-refractivity contribution is 6.46. The maximum Gasteiger partial charge on any atom is 0.305 e. The number of aliphatic hydroxyl groups is 1. The predicted molar refractivity (Wildman–Crippen MR) is 50.7 cm³/mol. The van der Waals surface area contributed by atoms with Gasteiger partial charge in [-0.2, -0.15) is 0 Å². The minimum Gasteiger partial charge on any atom is -0.449 e. The van der Waals surface area contributed by atoms with E-state index in [1.165, 1.54) is 5.56 Å². The van der Waals surface area contributed by atoms with Gasteiger partial charge in [0, 0.05) is 0 Å². The van der Waals surface area contributed by atoms with Crippen molar-refractivity contribution < 1.29 is 10.1 Å². The first kappa shape index (κ1) is 9.29. The molecule has 1 aromatic rings. The standard InChI is InChI=1S/C9H13BO2/c1-2-7-3-4-9(10-12)8(5-7)6-11/h3-5,10-12H,2,6H2,1H3. The number of hydrogen-bond donors (Lipinski definition) is 2. The van der Waals surface area contributed by atoms with Crippen molar-refractivity contribution in [2.45, 2.75) is 20.0 Å². The molecule has 0 aliphatic rings. The van der Waals surface area contributed by atoms with Gasteiger partial charge in [0.1, 0.15) is 0 Å². The lowest BCUT2D eigenvalue weighted by atomic mass is 9.83. The maximum absolute atomic E-state index is 8.96. The summed E-state index contributed by atoms with van der Waals surface area (Å²) in [7, 11) is -0.000111. The highest BCUT2D eigenvalue weighted by atomic mass is 16.3. The summed E-state index contributed by atoms with van der Waals surface area (Å²) in [4.78, 5) is 0. The molecular weight excluding hydrogens is 151 g/mol. The van der Waals surface area contributed by atoms with Crippen LogP contribution in [0.5, 0.6) is 0 Å². The van der Waals surface area contributed by atoms with Crippen molar-refractivity contribution in [3.63, 3.8) is 0 Å². The van der Waals surface area contributed by atoms with Crippen LogP contribution >= 0.6 is 0 Å². The minimum absolute atomic E-state index is 0.000111. The second-order valence-electron chi connectivity index (χ2n) is 2.77. The Kier molecular flexibility index (Phi) is 3.32. The third-order valence-electron chi connectivity index (χ3n) is 2.02. The predicted octanol–water partition coefficient (Wildman–Crippen LogP) is -0.290. The van der Waals surface area contributed by atoms with Gasteiger partial charge in [-0.25, -0.2) is 0 Å². The van der Waals surface area contributed by atoms with Crippen LogP contribution in [-0.4, -0.2) is 17.6 Å². The van der Waals surface area contributed by atoms with Crippen molar-refractivity contribution in [1.82, 2.24) is 0 Å². The van der Waals surface area contributed by atoms with E-state index >= 15 is 0 Å². The van der Waals surface area contributed by atoms with Gasteiger partial charge >= 0.3 is 7.48 Å². The molecule has 0 amide bonds. The van der Waals surface area contributed by atoms with E-state index in [2.05, 4.69) is 6.92 Å². The average Bonchev–Trinajstić information content (AvgIpc) is 2.16. The van der Waals surface area contributed by atoms with Gasteiger partial charge in [0.15, 0.2) is 0 Å². The number of benzene rings is 1. The first-order valence-corrected chi connectivity index (χ1v) is 4.14. The van der Waals surface area contributed by atoms with Crippen LogP contribution in [0.15, 0.2) is 18.2 Å². The van der Waals surface area contributed by atoms with Gasteiger partial charge in [-0.1, -0.05) is 25.1 Å². The molecule has 1 aromatic carbocycles. The van der Waals surface area contributed by atoms with Crippen molar-refractivity contribution in [2.75, 3.05) is 0 Å². The molecule has 0 aliphatic carbocycles. The van der Waals surface area contributed by atoms with E-state index in [1.54, 1.807) is 0 Å². The topological polar surface area (TPSA) is 40.5 Å². The van der Waals surface area contributed by atoms with Crippen LogP contribution in [-0.2, 0) is 13.0 Å². The Morgan fingerprint density at radius 1 is 1.42 bits per heavy atom. The van der Waals surface area contributed by atoms with E-state index < -0.39 is 0 Å². The molecule has 12 heavy (non-hydrogen) atoms. The Labute approximate surface area is 73.1 Å². The normalized spacial score (nSPS) is 9.92. The number of aryl methyl sites for hydroxylation is 1. The lowest BCUT2D eigenvalue weighted by molar-refractivity contribution is 0.282. The highest BCUT2D eigenvalue weighted by Gasteiger charge is 2.01. The average molecular weight is 164 g/mol. The number of rotatable bonds is 3.